The van der Waals surface area contributed by atoms with Gasteiger partial charge in [0.2, 0.25) is 10.9 Å². The third kappa shape index (κ3) is 5.83. The van der Waals surface area contributed by atoms with E-state index < -0.39 is 28.5 Å². The number of rotatable bonds is 9. The van der Waals surface area contributed by atoms with Crippen LogP contribution in [0.5, 0.6) is 0 Å². The zero-order chi connectivity index (χ0) is 34.3. The number of hydrogen-bond donors (Lipinski definition) is 2. The number of nitrogens with zero attached hydrogens (tertiary/aromatic N) is 1. The molecule has 1 aromatic carbocycles. The molecule has 4 aliphatic carbocycles. The number of aliphatic hydroxyl groups is 1. The Labute approximate surface area is 284 Å². The number of benzene rings is 1. The molecular formula is C37H43FN2O7S. The predicted octanol–water partition coefficient (Wildman–Crippen LogP) is 6.87. The first-order valence-electron chi connectivity index (χ1n) is 16.3. The van der Waals surface area contributed by atoms with Crippen LogP contribution in [-0.2, 0) is 19.0 Å². The normalized spacial score (nSPS) is 34.1. The van der Waals surface area contributed by atoms with Crippen molar-refractivity contribution in [2.45, 2.75) is 64.1 Å². The lowest BCUT2D eigenvalue weighted by Crippen LogP contribution is -2.62. The summed E-state index contributed by atoms with van der Waals surface area (Å²) in [6.45, 7) is 8.10. The highest BCUT2D eigenvalue weighted by molar-refractivity contribution is 8.14. The molecule has 0 spiro atoms. The van der Waals surface area contributed by atoms with E-state index in [2.05, 4.69) is 19.6 Å². The number of carbonyl (C=O) groups excluding carboxylic acids is 2. The van der Waals surface area contributed by atoms with Crippen molar-refractivity contribution < 1.29 is 37.7 Å². The van der Waals surface area contributed by atoms with E-state index in [1.54, 1.807) is 24.4 Å². The predicted molar refractivity (Wildman–Crippen MR) is 181 cm³/mol. The Morgan fingerprint density at radius 1 is 1.23 bits per heavy atom. The molecule has 6 rings (SSSR count). The molecule has 1 aromatic heterocycles. The van der Waals surface area contributed by atoms with Crippen molar-refractivity contribution in [3.63, 3.8) is 0 Å². The number of hydrogen-bond acceptors (Lipinski definition) is 10. The Bertz CT molecular complexity index is 1650. The molecule has 0 amide bonds. The van der Waals surface area contributed by atoms with Crippen LogP contribution in [0.25, 0.3) is 0 Å². The molecule has 256 valence electrons. The Balaban J connectivity index is 1.32. The fourth-order valence-corrected chi connectivity index (χ4v) is 10.2. The van der Waals surface area contributed by atoms with E-state index in [0.717, 1.165) is 35.9 Å². The molecular weight excluding hydrogens is 635 g/mol. The van der Waals surface area contributed by atoms with Gasteiger partial charge in [0, 0.05) is 12.5 Å². The van der Waals surface area contributed by atoms with E-state index in [0.29, 0.717) is 30.7 Å². The second-order valence-electron chi connectivity index (χ2n) is 13.9. The number of allylic oxidation sites excluding steroid dienone is 3. The number of esters is 1. The van der Waals surface area contributed by atoms with Crippen molar-refractivity contribution in [1.29, 1.82) is 0 Å². The van der Waals surface area contributed by atoms with Gasteiger partial charge in [-0.3, -0.25) is 4.79 Å². The van der Waals surface area contributed by atoms with Gasteiger partial charge in [-0.05, 0) is 116 Å². The Morgan fingerprint density at radius 3 is 2.69 bits per heavy atom. The maximum Gasteiger partial charge on any atom is 0.375 e. The number of furan rings is 1. The summed E-state index contributed by atoms with van der Waals surface area (Å²) in [6.07, 6.45) is 7.73. The molecule has 2 aromatic rings. The van der Waals surface area contributed by atoms with Crippen LogP contribution in [0.3, 0.4) is 0 Å². The summed E-state index contributed by atoms with van der Waals surface area (Å²) in [6, 6.07) is 9.16. The van der Waals surface area contributed by atoms with Crippen LogP contribution in [0.15, 0.2) is 87.8 Å². The Morgan fingerprint density at radius 2 is 2.00 bits per heavy atom. The van der Waals surface area contributed by atoms with Gasteiger partial charge in [0.1, 0.15) is 11.6 Å². The first kappa shape index (κ1) is 34.2. The summed E-state index contributed by atoms with van der Waals surface area (Å²) in [5, 5.41) is 11.9. The van der Waals surface area contributed by atoms with Crippen LogP contribution in [-0.4, -0.2) is 53.3 Å². The Kier molecular flexibility index (Phi) is 9.50. The minimum atomic E-state index is -1.50. The molecule has 3 N–H and O–H groups in total. The first-order valence-corrected chi connectivity index (χ1v) is 17.3. The second-order valence-corrected chi connectivity index (χ2v) is 14.8. The van der Waals surface area contributed by atoms with Gasteiger partial charge in [0.05, 0.1) is 29.5 Å². The number of aliphatic hydroxyl groups excluding tert-OH is 1. The number of carbonyl (C=O) groups is 2. The molecule has 0 radical (unpaired) electrons. The van der Waals surface area contributed by atoms with E-state index in [4.69, 9.17) is 29.4 Å². The fourth-order valence-electron chi connectivity index (χ4n) is 9.17. The van der Waals surface area contributed by atoms with Crippen molar-refractivity contribution in [1.82, 2.24) is 0 Å². The molecule has 48 heavy (non-hydrogen) atoms. The average Bonchev–Trinajstić information content (AvgIpc) is 3.70. The Hall–Kier alpha value is -3.67. The zero-order valence-corrected chi connectivity index (χ0v) is 28.4. The quantitative estimate of drug-likeness (QED) is 0.166. The summed E-state index contributed by atoms with van der Waals surface area (Å²) in [4.78, 5) is 32.6. The van der Waals surface area contributed by atoms with Gasteiger partial charge in [-0.1, -0.05) is 37.8 Å². The van der Waals surface area contributed by atoms with Crippen molar-refractivity contribution in [2.24, 2.45) is 39.3 Å². The molecule has 0 aliphatic heterocycles. The number of thioether (sulfide) groups is 1. The summed E-state index contributed by atoms with van der Waals surface area (Å²) >= 11 is 1.00. The highest BCUT2D eigenvalue weighted by Crippen LogP contribution is 2.69. The van der Waals surface area contributed by atoms with Crippen molar-refractivity contribution in [2.75, 3.05) is 19.7 Å². The van der Waals surface area contributed by atoms with Crippen LogP contribution in [0.4, 0.5) is 10.1 Å². The van der Waals surface area contributed by atoms with E-state index in [1.807, 2.05) is 6.92 Å². The number of halogens is 1. The van der Waals surface area contributed by atoms with Crippen LogP contribution in [0.1, 0.15) is 62.9 Å². The molecule has 7 unspecified atom stereocenters. The maximum absolute atomic E-state index is 14.3. The zero-order valence-electron chi connectivity index (χ0n) is 27.6. The van der Waals surface area contributed by atoms with E-state index in [9.17, 15) is 19.1 Å². The smallest absolute Gasteiger partial charge is 0.375 e. The lowest BCUT2D eigenvalue weighted by Gasteiger charge is -2.60. The molecule has 11 heteroatoms. The van der Waals surface area contributed by atoms with Crippen molar-refractivity contribution in [3.05, 3.63) is 90.0 Å². The highest BCUT2D eigenvalue weighted by Gasteiger charge is 2.71. The summed E-state index contributed by atoms with van der Waals surface area (Å²) in [5.74, 6) is -0.520. The van der Waals surface area contributed by atoms with Gasteiger partial charge in [-0.15, -0.1) is 0 Å². The molecule has 9 nitrogen and oxygen atoms in total. The van der Waals surface area contributed by atoms with Crippen LogP contribution in [0, 0.1) is 34.4 Å². The standard InChI is InChI=1S/C37H43FN2O7S/c1-22(46-21-44-4)20-48-34(43)37(47-33(42)31-6-5-15-45-31)14-13-28-27-12-7-24-16-29(40-26-10-8-25(38)9-11-26)23(19-39)17-35(24,2)32(27)30(41)18-36(28,37)3/h5-6,8-11,15-16,19,27-28,30,32,41H,1,7,12-14,17-18,20-21,39H2,2-4H3. The van der Waals surface area contributed by atoms with E-state index in [-0.39, 0.29) is 53.4 Å². The SMILES string of the molecule is C=C(CSC(=O)C1(OC(=O)c2ccco2)CCC2C3CCC4=CC(=Nc5ccc(F)cc5)C(=CN)CC4(C)C3C(O)CC21C)OCOC. The van der Waals surface area contributed by atoms with Gasteiger partial charge >= 0.3 is 5.97 Å². The topological polar surface area (TPSA) is 134 Å². The van der Waals surface area contributed by atoms with Gasteiger partial charge in [0.25, 0.3) is 0 Å². The largest absolute Gasteiger partial charge is 0.472 e. The minimum absolute atomic E-state index is 0.00533. The van der Waals surface area contributed by atoms with Crippen molar-refractivity contribution >= 4 is 34.2 Å². The maximum atomic E-state index is 14.3. The molecule has 3 saturated carbocycles. The van der Waals surface area contributed by atoms with E-state index >= 15 is 0 Å². The summed E-state index contributed by atoms with van der Waals surface area (Å²) in [5.41, 5.74) is 6.88. The molecule has 0 bridgehead atoms. The van der Waals surface area contributed by atoms with Crippen LogP contribution < -0.4 is 5.73 Å². The number of methoxy groups -OCH3 is 1. The van der Waals surface area contributed by atoms with Crippen LogP contribution >= 0.6 is 11.8 Å². The fraction of sp³-hybridized carbons (Fsp3) is 0.486. The lowest BCUT2D eigenvalue weighted by atomic mass is 9.45. The van der Waals surface area contributed by atoms with Gasteiger partial charge < -0.3 is 29.5 Å². The lowest BCUT2D eigenvalue weighted by molar-refractivity contribution is -0.175. The number of ether oxygens (including phenoxy) is 3. The first-order chi connectivity index (χ1) is 23.0. The number of aliphatic imine (C=N–C) groups is 1. The third-order valence-corrected chi connectivity index (χ3v) is 12.4. The number of fused-ring (bicyclic) bond motifs is 5. The molecule has 7 atom stereocenters. The summed E-state index contributed by atoms with van der Waals surface area (Å²) < 4.78 is 35.6. The third-order valence-electron chi connectivity index (χ3n) is 11.3. The van der Waals surface area contributed by atoms with Gasteiger partial charge in [-0.25, -0.2) is 14.2 Å². The van der Waals surface area contributed by atoms with Crippen molar-refractivity contribution in [3.8, 4) is 0 Å². The van der Waals surface area contributed by atoms with E-state index in [1.165, 1.54) is 37.1 Å². The molecule has 4 aliphatic rings. The van der Waals surface area contributed by atoms with Crippen LogP contribution in [0.2, 0.25) is 0 Å². The minimum Gasteiger partial charge on any atom is -0.472 e. The number of nitrogens with two attached hydrogens (primary N) is 1. The van der Waals surface area contributed by atoms with Gasteiger partial charge in [-0.2, -0.15) is 0 Å². The second kappa shape index (κ2) is 13.3. The summed E-state index contributed by atoms with van der Waals surface area (Å²) in [7, 11) is 1.50. The monoisotopic (exact) mass is 678 g/mol. The molecule has 3 fully saturated rings. The molecule has 1 heterocycles. The van der Waals surface area contributed by atoms with Gasteiger partial charge in [0.15, 0.2) is 12.4 Å². The molecule has 0 saturated heterocycles. The average molecular weight is 679 g/mol. The highest BCUT2D eigenvalue weighted by atomic mass is 32.2.